The quantitative estimate of drug-likeness (QED) is 0.483. The number of amides is 1. The highest BCUT2D eigenvalue weighted by Gasteiger charge is 2.28. The average molecular weight is 390 g/mol. The van der Waals surface area contributed by atoms with Crippen molar-refractivity contribution in [3.05, 3.63) is 57.8 Å². The van der Waals surface area contributed by atoms with Gasteiger partial charge >= 0.3 is 5.69 Å². The van der Waals surface area contributed by atoms with Crippen molar-refractivity contribution in [1.82, 2.24) is 14.9 Å². The second-order valence-electron chi connectivity index (χ2n) is 5.82. The SMILES string of the molecule is C=CC(=O)N1CCOC[C@H]1c1cc(Cl)cc(-c2ncc([N+](=O)[O-])c(N)n2)c1. The van der Waals surface area contributed by atoms with Crippen molar-refractivity contribution in [3.63, 3.8) is 0 Å². The number of nitrogen functional groups attached to an aromatic ring is 1. The maximum atomic E-state index is 12.2. The van der Waals surface area contributed by atoms with Crippen LogP contribution in [0.15, 0.2) is 37.1 Å². The van der Waals surface area contributed by atoms with Crippen LogP contribution in [0.2, 0.25) is 5.02 Å². The van der Waals surface area contributed by atoms with Crippen molar-refractivity contribution in [3.8, 4) is 11.4 Å². The molecule has 1 aromatic carbocycles. The summed E-state index contributed by atoms with van der Waals surface area (Å²) in [4.78, 5) is 32.0. The van der Waals surface area contributed by atoms with E-state index in [-0.39, 0.29) is 29.3 Å². The Hall–Kier alpha value is -3.04. The van der Waals surface area contributed by atoms with Crippen LogP contribution in [0.1, 0.15) is 11.6 Å². The molecule has 140 valence electrons. The van der Waals surface area contributed by atoms with Crippen molar-refractivity contribution in [2.45, 2.75) is 6.04 Å². The first-order chi connectivity index (χ1) is 12.9. The Labute approximate surface area is 159 Å². The summed E-state index contributed by atoms with van der Waals surface area (Å²) in [6.07, 6.45) is 2.30. The normalized spacial score (nSPS) is 16.8. The van der Waals surface area contributed by atoms with Crippen LogP contribution in [0.25, 0.3) is 11.4 Å². The van der Waals surface area contributed by atoms with E-state index in [1.165, 1.54) is 6.08 Å². The zero-order chi connectivity index (χ0) is 19.6. The van der Waals surface area contributed by atoms with Crippen molar-refractivity contribution < 1.29 is 14.5 Å². The summed E-state index contributed by atoms with van der Waals surface area (Å²) in [5, 5.41) is 11.3. The van der Waals surface area contributed by atoms with Gasteiger partial charge in [0.15, 0.2) is 5.82 Å². The highest BCUT2D eigenvalue weighted by atomic mass is 35.5. The van der Waals surface area contributed by atoms with E-state index in [1.807, 2.05) is 0 Å². The largest absolute Gasteiger partial charge is 0.378 e. The molecule has 3 rings (SSSR count). The number of aromatic nitrogens is 2. The Morgan fingerprint density at radius 1 is 1.48 bits per heavy atom. The predicted molar refractivity (Wildman–Crippen MR) is 99.0 cm³/mol. The molecular weight excluding hydrogens is 374 g/mol. The van der Waals surface area contributed by atoms with E-state index in [2.05, 4.69) is 16.5 Å². The van der Waals surface area contributed by atoms with Crippen LogP contribution in [0.4, 0.5) is 11.5 Å². The Balaban J connectivity index is 2.01. The maximum Gasteiger partial charge on any atom is 0.329 e. The number of rotatable bonds is 4. The molecule has 1 aliphatic heterocycles. The summed E-state index contributed by atoms with van der Waals surface area (Å²) in [6.45, 7) is 4.70. The fourth-order valence-electron chi connectivity index (χ4n) is 2.86. The zero-order valence-electron chi connectivity index (χ0n) is 14.2. The molecule has 1 amide bonds. The molecule has 1 aliphatic rings. The Morgan fingerprint density at radius 3 is 2.93 bits per heavy atom. The molecule has 0 aliphatic carbocycles. The number of ether oxygens (including phenoxy) is 1. The van der Waals surface area contributed by atoms with Gasteiger partial charge in [0, 0.05) is 17.1 Å². The fraction of sp³-hybridized carbons (Fsp3) is 0.235. The summed E-state index contributed by atoms with van der Waals surface area (Å²) in [5.74, 6) is -0.253. The number of nitrogens with two attached hydrogens (primary N) is 1. The standard InChI is InChI=1S/C17H16ClN5O4/c1-2-15(24)22-3-4-27-9-14(22)10-5-11(7-12(18)6-10)17-20-8-13(23(25)26)16(19)21-17/h2,5-8,14H,1,3-4,9H2,(H2,19,20,21)/t14-/m0/s1. The molecule has 27 heavy (non-hydrogen) atoms. The highest BCUT2D eigenvalue weighted by Crippen LogP contribution is 2.31. The van der Waals surface area contributed by atoms with Crippen molar-refractivity contribution >= 4 is 29.0 Å². The summed E-state index contributed by atoms with van der Waals surface area (Å²) in [7, 11) is 0. The number of nitro groups is 1. The molecule has 2 N–H and O–H groups in total. The van der Waals surface area contributed by atoms with Gasteiger partial charge in [0.1, 0.15) is 6.20 Å². The van der Waals surface area contributed by atoms with Crippen LogP contribution in [-0.4, -0.2) is 45.5 Å². The van der Waals surface area contributed by atoms with Crippen molar-refractivity contribution in [2.75, 3.05) is 25.5 Å². The topological polar surface area (TPSA) is 124 Å². The molecule has 2 aromatic rings. The van der Waals surface area contributed by atoms with Crippen LogP contribution in [0.5, 0.6) is 0 Å². The van der Waals surface area contributed by atoms with E-state index < -0.39 is 4.92 Å². The van der Waals surface area contributed by atoms with E-state index in [4.69, 9.17) is 22.1 Å². The first kappa shape index (κ1) is 18.7. The van der Waals surface area contributed by atoms with Crippen molar-refractivity contribution in [1.29, 1.82) is 0 Å². The number of carbonyl (C=O) groups excluding carboxylic acids is 1. The van der Waals surface area contributed by atoms with Gasteiger partial charge in [-0.1, -0.05) is 18.2 Å². The molecule has 0 radical (unpaired) electrons. The lowest BCUT2D eigenvalue weighted by molar-refractivity contribution is -0.384. The molecule has 10 heteroatoms. The average Bonchev–Trinajstić information content (AvgIpc) is 2.66. The van der Waals surface area contributed by atoms with Gasteiger partial charge in [-0.15, -0.1) is 0 Å². The maximum absolute atomic E-state index is 12.2. The number of benzene rings is 1. The Morgan fingerprint density at radius 2 is 2.26 bits per heavy atom. The summed E-state index contributed by atoms with van der Waals surface area (Å²) >= 11 is 6.24. The van der Waals surface area contributed by atoms with Crippen LogP contribution in [0, 0.1) is 10.1 Å². The highest BCUT2D eigenvalue weighted by molar-refractivity contribution is 6.31. The minimum atomic E-state index is -0.652. The second-order valence-corrected chi connectivity index (χ2v) is 6.26. The number of nitrogens with zero attached hydrogens (tertiary/aromatic N) is 4. The molecule has 1 saturated heterocycles. The number of hydrogen-bond donors (Lipinski definition) is 1. The molecule has 0 spiro atoms. The van der Waals surface area contributed by atoms with Crippen LogP contribution < -0.4 is 5.73 Å². The molecule has 0 unspecified atom stereocenters. The number of hydrogen-bond acceptors (Lipinski definition) is 7. The number of carbonyl (C=O) groups is 1. The van der Waals surface area contributed by atoms with E-state index in [9.17, 15) is 14.9 Å². The zero-order valence-corrected chi connectivity index (χ0v) is 14.9. The third-order valence-electron chi connectivity index (χ3n) is 4.14. The molecular formula is C17H16ClN5O4. The number of morpholine rings is 1. The van der Waals surface area contributed by atoms with E-state index >= 15 is 0 Å². The van der Waals surface area contributed by atoms with Gasteiger partial charge in [-0.2, -0.15) is 0 Å². The first-order valence-corrected chi connectivity index (χ1v) is 8.37. The Bertz CT molecular complexity index is 920. The van der Waals surface area contributed by atoms with Crippen LogP contribution in [-0.2, 0) is 9.53 Å². The molecule has 0 bridgehead atoms. The van der Waals surface area contributed by atoms with E-state index in [0.29, 0.717) is 30.3 Å². The molecule has 1 atom stereocenters. The molecule has 2 heterocycles. The van der Waals surface area contributed by atoms with Crippen molar-refractivity contribution in [2.24, 2.45) is 0 Å². The van der Waals surface area contributed by atoms with E-state index in [0.717, 1.165) is 11.8 Å². The minimum absolute atomic E-state index is 0.195. The fourth-order valence-corrected chi connectivity index (χ4v) is 3.11. The third-order valence-corrected chi connectivity index (χ3v) is 4.36. The lowest BCUT2D eigenvalue weighted by atomic mass is 10.0. The van der Waals surface area contributed by atoms with E-state index in [1.54, 1.807) is 23.1 Å². The smallest absolute Gasteiger partial charge is 0.329 e. The molecule has 0 saturated carbocycles. The van der Waals surface area contributed by atoms with Gasteiger partial charge in [0.05, 0.1) is 24.2 Å². The van der Waals surface area contributed by atoms with Gasteiger partial charge in [0.25, 0.3) is 0 Å². The van der Waals surface area contributed by atoms with Gasteiger partial charge < -0.3 is 15.4 Å². The summed E-state index contributed by atoms with van der Waals surface area (Å²) in [6, 6.07) is 4.75. The second kappa shape index (κ2) is 7.68. The van der Waals surface area contributed by atoms with Gasteiger partial charge in [-0.3, -0.25) is 14.9 Å². The summed E-state index contributed by atoms with van der Waals surface area (Å²) in [5.41, 5.74) is 6.53. The predicted octanol–water partition coefficient (Wildman–Crippen LogP) is 2.37. The minimum Gasteiger partial charge on any atom is -0.378 e. The number of halogens is 1. The third kappa shape index (κ3) is 3.88. The van der Waals surface area contributed by atoms with Crippen LogP contribution >= 0.6 is 11.6 Å². The van der Waals surface area contributed by atoms with Gasteiger partial charge in [-0.05, 0) is 29.8 Å². The lowest BCUT2D eigenvalue weighted by Crippen LogP contribution is -2.42. The van der Waals surface area contributed by atoms with Crippen LogP contribution in [0.3, 0.4) is 0 Å². The monoisotopic (exact) mass is 389 g/mol. The van der Waals surface area contributed by atoms with Gasteiger partial charge in [-0.25, -0.2) is 9.97 Å². The molecule has 1 fully saturated rings. The Kier molecular flexibility index (Phi) is 5.33. The van der Waals surface area contributed by atoms with Gasteiger partial charge in [0.2, 0.25) is 11.7 Å². The summed E-state index contributed by atoms with van der Waals surface area (Å²) < 4.78 is 5.51. The first-order valence-electron chi connectivity index (χ1n) is 7.99. The molecule has 9 nitrogen and oxygen atoms in total. The number of anilines is 1. The lowest BCUT2D eigenvalue weighted by Gasteiger charge is -2.35. The molecule has 1 aromatic heterocycles.